The highest BCUT2D eigenvalue weighted by Crippen LogP contribution is 2.27. The number of hydrogen-bond acceptors (Lipinski definition) is 1. The highest BCUT2D eigenvalue weighted by Gasteiger charge is 2.04. The third-order valence-corrected chi connectivity index (χ3v) is 2.86. The Hall–Kier alpha value is -1.18. The van der Waals surface area contributed by atoms with Crippen molar-refractivity contribution in [2.24, 2.45) is 0 Å². The molecule has 0 aliphatic rings. The Balaban J connectivity index is 2.02. The van der Waals surface area contributed by atoms with Crippen molar-refractivity contribution in [3.8, 4) is 5.75 Å². The van der Waals surface area contributed by atoms with E-state index >= 15 is 0 Å². The fraction of sp³-hybridized carbons (Fsp3) is 0.143. The van der Waals surface area contributed by atoms with Crippen molar-refractivity contribution in [3.05, 3.63) is 65.7 Å². The third-order valence-electron chi connectivity index (χ3n) is 2.36. The zero-order valence-electron chi connectivity index (χ0n) is 9.14. The van der Waals surface area contributed by atoms with E-state index < -0.39 is 4.84 Å². The second-order valence-corrected chi connectivity index (χ2v) is 4.74. The van der Waals surface area contributed by atoms with E-state index in [1.165, 1.54) is 0 Å². The van der Waals surface area contributed by atoms with Crippen LogP contribution in [0, 0.1) is 0 Å². The van der Waals surface area contributed by atoms with Gasteiger partial charge in [0, 0.05) is 0 Å². The van der Waals surface area contributed by atoms with E-state index in [1.54, 1.807) is 0 Å². The Morgan fingerprint density at radius 2 is 1.71 bits per heavy atom. The number of benzene rings is 2. The molecule has 1 nitrogen and oxygen atoms in total. The summed E-state index contributed by atoms with van der Waals surface area (Å²) in [5.41, 5.74) is 1.98. The lowest BCUT2D eigenvalue weighted by atomic mass is 10.2. The average Bonchev–Trinajstić information content (AvgIpc) is 2.38. The van der Waals surface area contributed by atoms with Crippen LogP contribution in [-0.2, 0) is 6.61 Å². The normalized spacial score (nSPS) is 10.5. The standard InChI is InChI=1S/C14H12Cl2O/c15-14(16)12-7-4-8-13(9-12)17-10-11-5-2-1-3-6-11/h1-9,14H,10H2. The Kier molecular flexibility index (Phi) is 4.29. The van der Waals surface area contributed by atoms with E-state index in [9.17, 15) is 0 Å². The third kappa shape index (κ3) is 3.65. The van der Waals surface area contributed by atoms with Crippen LogP contribution in [0.2, 0.25) is 0 Å². The van der Waals surface area contributed by atoms with Crippen LogP contribution >= 0.6 is 23.2 Å². The second kappa shape index (κ2) is 5.95. The Morgan fingerprint density at radius 1 is 0.941 bits per heavy atom. The van der Waals surface area contributed by atoms with Crippen molar-refractivity contribution in [3.63, 3.8) is 0 Å². The fourth-order valence-electron chi connectivity index (χ4n) is 1.48. The maximum Gasteiger partial charge on any atom is 0.132 e. The van der Waals surface area contributed by atoms with Crippen LogP contribution in [0.3, 0.4) is 0 Å². The van der Waals surface area contributed by atoms with Crippen LogP contribution in [-0.4, -0.2) is 0 Å². The lowest BCUT2D eigenvalue weighted by Crippen LogP contribution is -1.95. The first kappa shape index (κ1) is 12.3. The first-order valence-electron chi connectivity index (χ1n) is 5.30. The molecule has 2 aromatic carbocycles. The molecule has 3 heteroatoms. The van der Waals surface area contributed by atoms with E-state index in [0.29, 0.717) is 6.61 Å². The molecule has 2 aromatic rings. The summed E-state index contributed by atoms with van der Waals surface area (Å²) in [5, 5.41) is 0. The van der Waals surface area contributed by atoms with E-state index in [2.05, 4.69) is 0 Å². The van der Waals surface area contributed by atoms with Crippen molar-refractivity contribution < 1.29 is 4.74 Å². The molecule has 2 rings (SSSR count). The van der Waals surface area contributed by atoms with Gasteiger partial charge in [0.15, 0.2) is 0 Å². The molecule has 0 aromatic heterocycles. The SMILES string of the molecule is ClC(Cl)c1cccc(OCc2ccccc2)c1. The topological polar surface area (TPSA) is 9.23 Å². The molecule has 0 saturated carbocycles. The molecule has 0 fully saturated rings. The summed E-state index contributed by atoms with van der Waals surface area (Å²) in [5.74, 6) is 0.776. The fourth-order valence-corrected chi connectivity index (χ4v) is 1.75. The predicted molar refractivity (Wildman–Crippen MR) is 71.7 cm³/mol. The molecule has 0 radical (unpaired) electrons. The van der Waals surface area contributed by atoms with Gasteiger partial charge in [-0.1, -0.05) is 42.5 Å². The Labute approximate surface area is 111 Å². The van der Waals surface area contributed by atoms with Gasteiger partial charge in [-0.15, -0.1) is 23.2 Å². The molecule has 0 amide bonds. The summed E-state index contributed by atoms with van der Waals surface area (Å²) < 4.78 is 5.67. The summed E-state index contributed by atoms with van der Waals surface area (Å²) in [7, 11) is 0. The average molecular weight is 267 g/mol. The molecule has 0 heterocycles. The number of ether oxygens (including phenoxy) is 1. The summed E-state index contributed by atoms with van der Waals surface area (Å²) in [6, 6.07) is 17.5. The molecule has 0 bridgehead atoms. The van der Waals surface area contributed by atoms with Crippen LogP contribution in [0.25, 0.3) is 0 Å². The first-order valence-corrected chi connectivity index (χ1v) is 6.18. The highest BCUT2D eigenvalue weighted by molar-refractivity contribution is 6.44. The maximum atomic E-state index is 5.80. The van der Waals surface area contributed by atoms with Gasteiger partial charge < -0.3 is 4.74 Å². The molecule has 0 saturated heterocycles. The maximum absolute atomic E-state index is 5.80. The van der Waals surface area contributed by atoms with Gasteiger partial charge in [-0.2, -0.15) is 0 Å². The van der Waals surface area contributed by atoms with Gasteiger partial charge in [0.25, 0.3) is 0 Å². The quantitative estimate of drug-likeness (QED) is 0.727. The minimum absolute atomic E-state index is 0.518. The van der Waals surface area contributed by atoms with E-state index in [1.807, 2.05) is 54.6 Å². The van der Waals surface area contributed by atoms with E-state index in [0.717, 1.165) is 16.9 Å². The molecule has 0 unspecified atom stereocenters. The Morgan fingerprint density at radius 3 is 2.41 bits per heavy atom. The van der Waals surface area contributed by atoms with E-state index in [4.69, 9.17) is 27.9 Å². The van der Waals surface area contributed by atoms with Crippen LogP contribution in [0.4, 0.5) is 0 Å². The second-order valence-electron chi connectivity index (χ2n) is 3.65. The van der Waals surface area contributed by atoms with Gasteiger partial charge in [-0.3, -0.25) is 0 Å². The molecule has 17 heavy (non-hydrogen) atoms. The number of halogens is 2. The minimum atomic E-state index is -0.518. The summed E-state index contributed by atoms with van der Waals surface area (Å²) in [6.45, 7) is 0.541. The number of alkyl halides is 2. The zero-order chi connectivity index (χ0) is 12.1. The molecule has 0 atom stereocenters. The van der Waals surface area contributed by atoms with Crippen molar-refractivity contribution in [2.45, 2.75) is 11.4 Å². The van der Waals surface area contributed by atoms with E-state index in [-0.39, 0.29) is 0 Å². The predicted octanol–water partition coefficient (Wildman–Crippen LogP) is 4.74. The lowest BCUT2D eigenvalue weighted by molar-refractivity contribution is 0.306. The molecule has 0 N–H and O–H groups in total. The monoisotopic (exact) mass is 266 g/mol. The van der Waals surface area contributed by atoms with Gasteiger partial charge in [0.1, 0.15) is 17.2 Å². The molecular formula is C14H12Cl2O. The summed E-state index contributed by atoms with van der Waals surface area (Å²) in [4.78, 5) is -0.518. The first-order chi connectivity index (χ1) is 8.25. The summed E-state index contributed by atoms with van der Waals surface area (Å²) >= 11 is 11.6. The number of rotatable bonds is 4. The van der Waals surface area contributed by atoms with Gasteiger partial charge in [0.2, 0.25) is 0 Å². The van der Waals surface area contributed by atoms with Gasteiger partial charge in [-0.25, -0.2) is 0 Å². The molecule has 0 spiro atoms. The highest BCUT2D eigenvalue weighted by atomic mass is 35.5. The minimum Gasteiger partial charge on any atom is -0.489 e. The van der Waals surface area contributed by atoms with Gasteiger partial charge in [-0.05, 0) is 23.3 Å². The summed E-state index contributed by atoms with van der Waals surface area (Å²) in [6.07, 6.45) is 0. The largest absolute Gasteiger partial charge is 0.489 e. The molecular weight excluding hydrogens is 255 g/mol. The smallest absolute Gasteiger partial charge is 0.132 e. The lowest BCUT2D eigenvalue weighted by Gasteiger charge is -2.08. The van der Waals surface area contributed by atoms with Crippen molar-refractivity contribution >= 4 is 23.2 Å². The van der Waals surface area contributed by atoms with Gasteiger partial charge >= 0.3 is 0 Å². The van der Waals surface area contributed by atoms with Crippen molar-refractivity contribution in [2.75, 3.05) is 0 Å². The van der Waals surface area contributed by atoms with Crippen LogP contribution < -0.4 is 4.74 Å². The Bertz CT molecular complexity index is 469. The molecule has 0 aliphatic heterocycles. The van der Waals surface area contributed by atoms with Crippen LogP contribution in [0.15, 0.2) is 54.6 Å². The number of hydrogen-bond donors (Lipinski definition) is 0. The zero-order valence-corrected chi connectivity index (χ0v) is 10.7. The molecule has 88 valence electrons. The van der Waals surface area contributed by atoms with Gasteiger partial charge in [0.05, 0.1) is 0 Å². The van der Waals surface area contributed by atoms with Crippen LogP contribution in [0.1, 0.15) is 16.0 Å². The van der Waals surface area contributed by atoms with Crippen molar-refractivity contribution in [1.29, 1.82) is 0 Å². The van der Waals surface area contributed by atoms with Crippen molar-refractivity contribution in [1.82, 2.24) is 0 Å². The van der Waals surface area contributed by atoms with Crippen LogP contribution in [0.5, 0.6) is 5.75 Å². The molecule has 0 aliphatic carbocycles.